The second-order valence-corrected chi connectivity index (χ2v) is 18.8. The summed E-state index contributed by atoms with van der Waals surface area (Å²) in [5, 5.41) is 3.03. The van der Waals surface area contributed by atoms with Gasteiger partial charge in [-0.2, -0.15) is 0 Å². The van der Waals surface area contributed by atoms with E-state index in [1.165, 1.54) is 17.4 Å². The smallest absolute Gasteiger partial charge is 0.419 e. The molecule has 3 aromatic rings. The molecule has 5 aliphatic heterocycles. The first kappa shape index (κ1) is 50.5. The zero-order chi connectivity index (χ0) is 45.9. The molecule has 4 amide bonds. The Morgan fingerprint density at radius 1 is 0.818 bits per heavy atom. The fourth-order valence-electron chi connectivity index (χ4n) is 9.73. The lowest BCUT2D eigenvalue weighted by atomic mass is 9.98. The molecule has 16 heteroatoms. The predicted molar refractivity (Wildman–Crippen MR) is 255 cm³/mol. The van der Waals surface area contributed by atoms with E-state index in [0.29, 0.717) is 75.6 Å². The number of nitrogens with zero attached hydrogens (tertiary/aromatic N) is 6. The number of aromatic nitrogens is 1. The lowest BCUT2D eigenvalue weighted by Crippen LogP contribution is -2.51. The number of rotatable bonds is 12. The van der Waals surface area contributed by atoms with E-state index in [0.717, 1.165) is 106 Å². The van der Waals surface area contributed by atoms with E-state index in [2.05, 4.69) is 29.0 Å². The lowest BCUT2D eigenvalue weighted by Gasteiger charge is -2.38. The van der Waals surface area contributed by atoms with Gasteiger partial charge in [-0.15, -0.1) is 0 Å². The van der Waals surface area contributed by atoms with Crippen LogP contribution >= 0.6 is 0 Å². The van der Waals surface area contributed by atoms with Gasteiger partial charge in [-0.1, -0.05) is 45.5 Å². The van der Waals surface area contributed by atoms with Crippen molar-refractivity contribution in [2.45, 2.75) is 105 Å². The van der Waals surface area contributed by atoms with E-state index in [1.807, 2.05) is 42.2 Å². The topological polar surface area (TPSA) is 159 Å². The molecular formula is C50H75N7O9. The van der Waals surface area contributed by atoms with E-state index < -0.39 is 18.0 Å². The molecule has 0 spiro atoms. The van der Waals surface area contributed by atoms with Crippen molar-refractivity contribution >= 4 is 40.8 Å². The Morgan fingerprint density at radius 2 is 1.47 bits per heavy atom. The molecule has 364 valence electrons. The van der Waals surface area contributed by atoms with Crippen molar-refractivity contribution in [3.8, 4) is 0 Å². The van der Waals surface area contributed by atoms with Crippen molar-refractivity contribution in [1.82, 2.24) is 29.1 Å². The number of esters is 1. The Labute approximate surface area is 390 Å². The van der Waals surface area contributed by atoms with Crippen LogP contribution in [-0.4, -0.2) is 157 Å². The van der Waals surface area contributed by atoms with Crippen molar-refractivity contribution < 1.29 is 37.8 Å². The first-order valence-corrected chi connectivity index (χ1v) is 24.1. The zero-order valence-corrected chi connectivity index (χ0v) is 39.1. The molecule has 2 aromatic carbocycles. The van der Waals surface area contributed by atoms with Crippen LogP contribution in [0.1, 0.15) is 89.3 Å². The molecule has 66 heavy (non-hydrogen) atoms. The van der Waals surface area contributed by atoms with Gasteiger partial charge in [0.25, 0.3) is 5.91 Å². The minimum atomic E-state index is -1.00. The monoisotopic (exact) mass is 918 g/mol. The fraction of sp³-hybridized carbons (Fsp3) is 0.660. The maximum absolute atomic E-state index is 13.8. The molecule has 4 saturated heterocycles. The van der Waals surface area contributed by atoms with E-state index in [-0.39, 0.29) is 37.8 Å². The summed E-state index contributed by atoms with van der Waals surface area (Å²) in [5.41, 5.74) is 4.72. The van der Waals surface area contributed by atoms with E-state index >= 15 is 0 Å². The number of likely N-dealkylation sites (tertiary alicyclic amines) is 3. The zero-order valence-electron chi connectivity index (χ0n) is 39.1. The predicted octanol–water partition coefficient (Wildman–Crippen LogP) is 6.31. The Morgan fingerprint density at radius 3 is 2.18 bits per heavy atom. The molecule has 0 unspecified atom stereocenters. The van der Waals surface area contributed by atoms with Crippen LogP contribution in [0.5, 0.6) is 0 Å². The second-order valence-electron chi connectivity index (χ2n) is 18.8. The van der Waals surface area contributed by atoms with Gasteiger partial charge in [0, 0.05) is 84.1 Å². The molecule has 1 aromatic heterocycles. The highest BCUT2D eigenvalue weighted by molar-refractivity contribution is 5.91. The molecule has 16 nitrogen and oxygen atoms in total. The maximum Gasteiger partial charge on any atom is 0.419 e. The van der Waals surface area contributed by atoms with Gasteiger partial charge in [0.05, 0.1) is 31.8 Å². The normalized spacial score (nSPS) is 19.8. The molecule has 8 rings (SSSR count). The molecule has 5 aliphatic rings. The van der Waals surface area contributed by atoms with Crippen molar-refractivity contribution in [1.29, 1.82) is 0 Å². The van der Waals surface area contributed by atoms with Gasteiger partial charge in [0.2, 0.25) is 0 Å². The number of amides is 4. The average Bonchev–Trinajstić information content (AvgIpc) is 3.49. The molecule has 4 fully saturated rings. The first-order valence-electron chi connectivity index (χ1n) is 24.1. The number of aryl methyl sites for hydroxylation is 2. The van der Waals surface area contributed by atoms with Crippen LogP contribution in [0.15, 0.2) is 45.6 Å². The van der Waals surface area contributed by atoms with Crippen molar-refractivity contribution in [3.05, 3.63) is 63.6 Å². The number of ether oxygens (including phenoxy) is 3. The van der Waals surface area contributed by atoms with Gasteiger partial charge >= 0.3 is 23.8 Å². The van der Waals surface area contributed by atoms with Crippen molar-refractivity contribution in [2.75, 3.05) is 97.1 Å². The Balaban J connectivity index is 0.000000275. The Bertz CT molecular complexity index is 2130. The summed E-state index contributed by atoms with van der Waals surface area (Å²) in [4.78, 5) is 74.2. The number of anilines is 1. The van der Waals surface area contributed by atoms with Crippen LogP contribution in [0.3, 0.4) is 0 Å². The number of carbonyl (C=O) groups excluding carboxylic acids is 4. The maximum atomic E-state index is 13.8. The van der Waals surface area contributed by atoms with Crippen LogP contribution in [0.2, 0.25) is 0 Å². The molecule has 6 heterocycles. The summed E-state index contributed by atoms with van der Waals surface area (Å²) in [6.07, 6.45) is 6.48. The highest BCUT2D eigenvalue weighted by atomic mass is 16.6. The number of para-hydroxylation sites is 1. The van der Waals surface area contributed by atoms with Crippen LogP contribution in [0, 0.1) is 18.8 Å². The minimum absolute atomic E-state index is 0. The van der Waals surface area contributed by atoms with Gasteiger partial charge in [0.1, 0.15) is 0 Å². The summed E-state index contributed by atoms with van der Waals surface area (Å²) in [5.74, 6) is 0.692. The van der Waals surface area contributed by atoms with Crippen LogP contribution in [0.25, 0.3) is 11.1 Å². The number of carbonyl (C=O) groups is 4. The largest absolute Gasteiger partial charge is 0.466 e. The summed E-state index contributed by atoms with van der Waals surface area (Å²) < 4.78 is 23.5. The summed E-state index contributed by atoms with van der Waals surface area (Å²) in [7, 11) is 1.66. The molecule has 1 atom stereocenters. The number of fused-ring (bicyclic) bond motifs is 2. The number of hydrogen-bond donors (Lipinski definition) is 1. The number of piperidine rings is 3. The standard InChI is InChI=1S/C33H41N5O6.C16H30N2O3.CH4/c1-21-8-13-36(14-9-21)30(39)28(20-23-18-22(2)29-27(19-23)43-32(41)35(29)3)44-33(42)37-15-11-25(12-16-37)38-17-10-24-6-4-5-7-26(24)34-31(38)40;1-15-3-7-18(8-4-15)9-5-16(19)21-12-2-6-17-10-13-20-14-11-17;/h4-7,18-19,21,25,28H,8-17,20H2,1-3H3,(H,34,40);15H,2-14H2,1H3;1H4/t28-;;/m1../s1. The third kappa shape index (κ3) is 13.6. The van der Waals surface area contributed by atoms with Crippen LogP contribution in [0.4, 0.5) is 15.3 Å². The number of nitrogens with one attached hydrogen (secondary N) is 1. The third-order valence-electron chi connectivity index (χ3n) is 14.0. The number of morpholine rings is 1. The highest BCUT2D eigenvalue weighted by Gasteiger charge is 2.35. The quantitative estimate of drug-likeness (QED) is 0.160. The average molecular weight is 918 g/mol. The van der Waals surface area contributed by atoms with E-state index in [9.17, 15) is 24.0 Å². The number of benzene rings is 2. The fourth-order valence-corrected chi connectivity index (χ4v) is 9.73. The van der Waals surface area contributed by atoms with E-state index in [4.69, 9.17) is 18.6 Å². The van der Waals surface area contributed by atoms with Crippen molar-refractivity contribution in [3.63, 3.8) is 0 Å². The molecule has 0 aliphatic carbocycles. The van der Waals surface area contributed by atoms with Gasteiger partial charge in [-0.05, 0) is 112 Å². The Kier molecular flexibility index (Phi) is 18.5. The summed E-state index contributed by atoms with van der Waals surface area (Å²) in [6.45, 7) is 17.5. The molecule has 0 saturated carbocycles. The highest BCUT2D eigenvalue weighted by Crippen LogP contribution is 2.27. The SMILES string of the molecule is C.CC1CCN(CCC(=O)OCCCN2CCOCC2)CC1.Cc1cc(C[C@@H](OC(=O)N2CCC(N3CCc4ccccc4NC3=O)CC2)C(=O)N2CCC(C)CC2)cc2oc(=O)n(C)c12. The van der Waals surface area contributed by atoms with Gasteiger partial charge < -0.3 is 43.5 Å². The van der Waals surface area contributed by atoms with Crippen LogP contribution in [-0.2, 0) is 43.7 Å². The van der Waals surface area contributed by atoms with Crippen molar-refractivity contribution in [2.24, 2.45) is 18.9 Å². The third-order valence-corrected chi connectivity index (χ3v) is 14.0. The second kappa shape index (κ2) is 24.2. The summed E-state index contributed by atoms with van der Waals surface area (Å²) >= 11 is 0. The van der Waals surface area contributed by atoms with Crippen LogP contribution < -0.4 is 11.1 Å². The molecule has 0 bridgehead atoms. The van der Waals surface area contributed by atoms with E-state index in [1.54, 1.807) is 22.9 Å². The Hall–Kier alpha value is -4.93. The van der Waals surface area contributed by atoms with Gasteiger partial charge in [-0.25, -0.2) is 14.4 Å². The van der Waals surface area contributed by atoms with Gasteiger partial charge in [0.15, 0.2) is 11.7 Å². The first-order chi connectivity index (χ1) is 31.4. The summed E-state index contributed by atoms with van der Waals surface area (Å²) in [6, 6.07) is 11.4. The van der Waals surface area contributed by atoms with Gasteiger partial charge in [-0.3, -0.25) is 19.1 Å². The number of urea groups is 1. The lowest BCUT2D eigenvalue weighted by molar-refractivity contribution is -0.144. The minimum Gasteiger partial charge on any atom is -0.466 e. The molecular weight excluding hydrogens is 843 g/mol. The molecule has 0 radical (unpaired) electrons. The molecule has 1 N–H and O–H groups in total. The number of hydrogen-bond acceptors (Lipinski definition) is 11. The number of oxazole rings is 1.